The van der Waals surface area contributed by atoms with Crippen LogP contribution in [0.3, 0.4) is 0 Å². The number of aromatic hydroxyl groups is 1. The molecule has 2 atom stereocenters. The van der Waals surface area contributed by atoms with Crippen molar-refractivity contribution >= 4 is 28.6 Å². The van der Waals surface area contributed by atoms with Crippen LogP contribution in [0, 0.1) is 0 Å². The van der Waals surface area contributed by atoms with Gasteiger partial charge in [-0.15, -0.1) is 11.8 Å². The highest BCUT2D eigenvalue weighted by molar-refractivity contribution is 7.99. The number of carbonyl (C=O) groups is 1. The molecule has 1 N–H and O–H groups in total. The number of methoxy groups -OCH3 is 1. The molecule has 7 heteroatoms. The van der Waals surface area contributed by atoms with Gasteiger partial charge in [0, 0.05) is 24.0 Å². The number of ether oxygens (including phenoxy) is 2. The van der Waals surface area contributed by atoms with E-state index in [1.807, 2.05) is 43.2 Å². The van der Waals surface area contributed by atoms with Gasteiger partial charge in [0.05, 0.1) is 30.6 Å². The summed E-state index contributed by atoms with van der Waals surface area (Å²) in [4.78, 5) is 15.8. The van der Waals surface area contributed by atoms with Gasteiger partial charge in [0.25, 0.3) is 0 Å². The summed E-state index contributed by atoms with van der Waals surface area (Å²) in [6.45, 7) is 5.25. The van der Waals surface area contributed by atoms with Gasteiger partial charge in [0.1, 0.15) is 11.3 Å². The van der Waals surface area contributed by atoms with E-state index in [1.165, 1.54) is 7.11 Å². The summed E-state index contributed by atoms with van der Waals surface area (Å²) in [7, 11) is 1.52. The Labute approximate surface area is 186 Å². The van der Waals surface area contributed by atoms with E-state index in [-0.39, 0.29) is 23.9 Å². The molecule has 2 heterocycles. The van der Waals surface area contributed by atoms with Crippen LogP contribution in [0.15, 0.2) is 45.7 Å². The molecule has 1 fully saturated rings. The fraction of sp³-hybridized carbons (Fsp3) is 0.375. The first kappa shape index (κ1) is 21.6. The number of phenolic OH excluding ortho intramolecular Hbond substituents is 1. The van der Waals surface area contributed by atoms with Crippen LogP contribution in [0.25, 0.3) is 22.3 Å². The number of hydrogen-bond donors (Lipinski definition) is 1. The van der Waals surface area contributed by atoms with Crippen molar-refractivity contribution < 1.29 is 23.8 Å². The molecule has 1 aromatic heterocycles. The molecule has 2 unspecified atom stereocenters. The topological polar surface area (TPSA) is 72.1 Å². The third-order valence-electron chi connectivity index (χ3n) is 5.48. The Kier molecular flexibility index (Phi) is 6.16. The monoisotopic (exact) mass is 441 g/mol. The summed E-state index contributed by atoms with van der Waals surface area (Å²) in [5.41, 5.74) is 2.54. The fourth-order valence-electron chi connectivity index (χ4n) is 4.11. The molecule has 1 amide bonds. The van der Waals surface area contributed by atoms with Crippen LogP contribution >= 0.6 is 11.8 Å². The molecule has 4 rings (SSSR count). The normalized spacial score (nSPS) is 19.0. The molecular weight excluding hydrogens is 414 g/mol. The predicted molar refractivity (Wildman–Crippen MR) is 122 cm³/mol. The highest BCUT2D eigenvalue weighted by Crippen LogP contribution is 2.42. The number of phenols is 1. The second-order valence-electron chi connectivity index (χ2n) is 7.91. The van der Waals surface area contributed by atoms with Gasteiger partial charge in [-0.05, 0) is 56.0 Å². The average Bonchev–Trinajstić information content (AvgIpc) is 3.11. The Morgan fingerprint density at radius 2 is 1.94 bits per heavy atom. The quantitative estimate of drug-likeness (QED) is 0.578. The lowest BCUT2D eigenvalue weighted by molar-refractivity contribution is -0.142. The Hall–Kier alpha value is -2.64. The summed E-state index contributed by atoms with van der Waals surface area (Å²) < 4.78 is 17.1. The molecule has 31 heavy (non-hydrogen) atoms. The molecule has 3 aromatic rings. The van der Waals surface area contributed by atoms with Crippen molar-refractivity contribution in [1.29, 1.82) is 0 Å². The fourth-order valence-corrected chi connectivity index (χ4v) is 4.84. The number of furan rings is 1. The van der Waals surface area contributed by atoms with Gasteiger partial charge in [0.2, 0.25) is 5.91 Å². The Morgan fingerprint density at radius 1 is 1.19 bits per heavy atom. The van der Waals surface area contributed by atoms with Gasteiger partial charge in [-0.1, -0.05) is 6.07 Å². The maximum absolute atomic E-state index is 12.9. The van der Waals surface area contributed by atoms with Crippen LogP contribution in [0.5, 0.6) is 11.5 Å². The van der Waals surface area contributed by atoms with E-state index in [1.54, 1.807) is 30.0 Å². The van der Waals surface area contributed by atoms with Crippen molar-refractivity contribution in [3.05, 3.63) is 42.0 Å². The summed E-state index contributed by atoms with van der Waals surface area (Å²) in [6, 6.07) is 11.1. The molecule has 6 nitrogen and oxygen atoms in total. The molecule has 0 saturated carbocycles. The SMILES string of the molecule is COc1cc(-c2oc3ccc(CC(=O)N4CC(C)OC(C)C4)cc3c2SC)ccc1O. The van der Waals surface area contributed by atoms with Crippen molar-refractivity contribution in [2.45, 2.75) is 37.4 Å². The third kappa shape index (κ3) is 4.38. The van der Waals surface area contributed by atoms with Crippen LogP contribution in [0.4, 0.5) is 0 Å². The minimum absolute atomic E-state index is 0.0528. The lowest BCUT2D eigenvalue weighted by Crippen LogP contribution is -2.48. The van der Waals surface area contributed by atoms with Crippen molar-refractivity contribution in [3.63, 3.8) is 0 Å². The van der Waals surface area contributed by atoms with Gasteiger partial charge >= 0.3 is 0 Å². The summed E-state index contributed by atoms with van der Waals surface area (Å²) in [6.07, 6.45) is 2.45. The van der Waals surface area contributed by atoms with Crippen molar-refractivity contribution in [2.75, 3.05) is 26.5 Å². The zero-order valence-electron chi connectivity index (χ0n) is 18.2. The minimum atomic E-state index is 0.0528. The number of hydrogen-bond acceptors (Lipinski definition) is 6. The lowest BCUT2D eigenvalue weighted by Gasteiger charge is -2.35. The van der Waals surface area contributed by atoms with Crippen LogP contribution in [-0.2, 0) is 16.0 Å². The van der Waals surface area contributed by atoms with Crippen LogP contribution < -0.4 is 4.74 Å². The Morgan fingerprint density at radius 3 is 2.61 bits per heavy atom. The number of carbonyl (C=O) groups excluding carboxylic acids is 1. The Balaban J connectivity index is 1.64. The van der Waals surface area contributed by atoms with E-state index in [9.17, 15) is 9.90 Å². The van der Waals surface area contributed by atoms with Crippen LogP contribution in [0.1, 0.15) is 19.4 Å². The maximum atomic E-state index is 12.9. The largest absolute Gasteiger partial charge is 0.504 e. The minimum Gasteiger partial charge on any atom is -0.504 e. The maximum Gasteiger partial charge on any atom is 0.227 e. The third-order valence-corrected chi connectivity index (χ3v) is 6.29. The molecule has 1 aliphatic rings. The van der Waals surface area contributed by atoms with Gasteiger partial charge in [-0.3, -0.25) is 4.79 Å². The molecule has 2 aromatic carbocycles. The second-order valence-corrected chi connectivity index (χ2v) is 8.73. The van der Waals surface area contributed by atoms with E-state index < -0.39 is 0 Å². The highest BCUT2D eigenvalue weighted by Gasteiger charge is 2.26. The second kappa shape index (κ2) is 8.85. The van der Waals surface area contributed by atoms with E-state index >= 15 is 0 Å². The highest BCUT2D eigenvalue weighted by atomic mass is 32.2. The zero-order valence-corrected chi connectivity index (χ0v) is 19.0. The predicted octanol–water partition coefficient (Wildman–Crippen LogP) is 4.71. The first-order chi connectivity index (χ1) is 14.9. The number of thioether (sulfide) groups is 1. The number of fused-ring (bicyclic) bond motifs is 1. The van der Waals surface area contributed by atoms with Gasteiger partial charge in [0.15, 0.2) is 11.5 Å². The number of benzene rings is 2. The number of nitrogens with zero attached hydrogens (tertiary/aromatic N) is 1. The molecular formula is C24H27NO5S. The van der Waals surface area contributed by atoms with Crippen molar-refractivity contribution in [1.82, 2.24) is 4.90 Å². The summed E-state index contributed by atoms with van der Waals surface area (Å²) >= 11 is 1.59. The first-order valence-corrected chi connectivity index (χ1v) is 11.5. The van der Waals surface area contributed by atoms with Crippen molar-refractivity contribution in [2.24, 2.45) is 0 Å². The average molecular weight is 442 g/mol. The van der Waals surface area contributed by atoms with Gasteiger partial charge < -0.3 is 23.9 Å². The molecule has 0 aliphatic carbocycles. The standard InChI is InChI=1S/C24H27NO5S/c1-14-12-25(13-15(2)29-14)22(27)10-16-5-8-20-18(9-16)24(31-4)23(30-20)17-6-7-19(26)21(11-17)28-3/h5-9,11,14-15,26H,10,12-13H2,1-4H3. The molecule has 0 radical (unpaired) electrons. The summed E-state index contributed by atoms with van der Waals surface area (Å²) in [5, 5.41) is 10.9. The van der Waals surface area contributed by atoms with Crippen LogP contribution in [-0.4, -0.2) is 54.6 Å². The number of amides is 1. The molecule has 164 valence electrons. The zero-order chi connectivity index (χ0) is 22.1. The Bertz CT molecular complexity index is 1100. The van der Waals surface area contributed by atoms with Gasteiger partial charge in [-0.25, -0.2) is 0 Å². The number of rotatable bonds is 5. The number of morpholine rings is 1. The van der Waals surface area contributed by atoms with E-state index in [2.05, 4.69) is 0 Å². The van der Waals surface area contributed by atoms with Crippen LogP contribution in [0.2, 0.25) is 0 Å². The molecule has 0 spiro atoms. The summed E-state index contributed by atoms with van der Waals surface area (Å²) in [5.74, 6) is 1.31. The van der Waals surface area contributed by atoms with Gasteiger partial charge in [-0.2, -0.15) is 0 Å². The first-order valence-electron chi connectivity index (χ1n) is 10.3. The molecule has 0 bridgehead atoms. The lowest BCUT2D eigenvalue weighted by atomic mass is 10.1. The van der Waals surface area contributed by atoms with Crippen molar-refractivity contribution in [3.8, 4) is 22.8 Å². The van der Waals surface area contributed by atoms with E-state index in [4.69, 9.17) is 13.9 Å². The smallest absolute Gasteiger partial charge is 0.227 e. The van der Waals surface area contributed by atoms with E-state index in [0.717, 1.165) is 32.8 Å². The molecule has 1 aliphatic heterocycles. The molecule has 1 saturated heterocycles. The van der Waals surface area contributed by atoms with E-state index in [0.29, 0.717) is 25.3 Å².